The normalized spacial score (nSPS) is 12.6. The molecule has 0 aliphatic carbocycles. The summed E-state index contributed by atoms with van der Waals surface area (Å²) >= 11 is 0. The first-order chi connectivity index (χ1) is 8.33. The quantitative estimate of drug-likeness (QED) is 0.392. The van der Waals surface area contributed by atoms with Crippen molar-refractivity contribution in [1.82, 2.24) is 0 Å². The first-order valence-corrected chi connectivity index (χ1v) is 5.33. The van der Waals surface area contributed by atoms with Crippen LogP contribution < -0.4 is 0 Å². The largest absolute Gasteiger partial charge is 1.00 e. The van der Waals surface area contributed by atoms with Crippen molar-refractivity contribution in [3.05, 3.63) is 71.8 Å². The SMILES string of the molecule is O/N=C(\c1ccccc1)C(O)c1ccccc1.[Ag+]. The van der Waals surface area contributed by atoms with E-state index in [0.29, 0.717) is 11.1 Å². The number of aliphatic hydroxyl groups excluding tert-OH is 1. The molecule has 2 rings (SSSR count). The molecule has 2 aromatic carbocycles. The molecule has 0 spiro atoms. The fourth-order valence-corrected chi connectivity index (χ4v) is 1.67. The first kappa shape index (κ1) is 14.7. The van der Waals surface area contributed by atoms with Crippen LogP contribution in [0.2, 0.25) is 0 Å². The van der Waals surface area contributed by atoms with Crippen molar-refractivity contribution in [3.63, 3.8) is 0 Å². The van der Waals surface area contributed by atoms with Crippen molar-refractivity contribution in [2.75, 3.05) is 0 Å². The van der Waals surface area contributed by atoms with Gasteiger partial charge < -0.3 is 10.3 Å². The van der Waals surface area contributed by atoms with E-state index in [1.807, 2.05) is 36.4 Å². The summed E-state index contributed by atoms with van der Waals surface area (Å²) in [6.07, 6.45) is -0.927. The maximum Gasteiger partial charge on any atom is 1.00 e. The average Bonchev–Trinajstić information content (AvgIpc) is 2.42. The Labute approximate surface area is 121 Å². The van der Waals surface area contributed by atoms with Crippen LogP contribution in [0.4, 0.5) is 0 Å². The van der Waals surface area contributed by atoms with Crippen molar-refractivity contribution < 1.29 is 32.7 Å². The van der Waals surface area contributed by atoms with Gasteiger partial charge >= 0.3 is 22.4 Å². The molecule has 1 unspecified atom stereocenters. The molecule has 0 radical (unpaired) electrons. The molecule has 2 aromatic rings. The van der Waals surface area contributed by atoms with Crippen LogP contribution in [-0.4, -0.2) is 16.0 Å². The van der Waals surface area contributed by atoms with E-state index in [1.165, 1.54) is 0 Å². The molecule has 4 heteroatoms. The summed E-state index contributed by atoms with van der Waals surface area (Å²) < 4.78 is 0. The van der Waals surface area contributed by atoms with Crippen LogP contribution in [0.25, 0.3) is 0 Å². The fraction of sp³-hybridized carbons (Fsp3) is 0.0714. The monoisotopic (exact) mass is 334 g/mol. The molecule has 0 heterocycles. The van der Waals surface area contributed by atoms with Crippen molar-refractivity contribution in [1.29, 1.82) is 0 Å². The third kappa shape index (κ3) is 3.31. The van der Waals surface area contributed by atoms with Crippen LogP contribution in [0.3, 0.4) is 0 Å². The zero-order valence-corrected chi connectivity index (χ0v) is 11.0. The number of aliphatic hydroxyl groups is 1. The smallest absolute Gasteiger partial charge is 0.411 e. The summed E-state index contributed by atoms with van der Waals surface area (Å²) in [5.41, 5.74) is 1.65. The molecule has 1 atom stereocenters. The Hall–Kier alpha value is -1.39. The molecule has 0 aromatic heterocycles. The van der Waals surface area contributed by atoms with Crippen LogP contribution >= 0.6 is 0 Å². The fourth-order valence-electron chi connectivity index (χ4n) is 1.67. The van der Waals surface area contributed by atoms with Gasteiger partial charge in [0.15, 0.2) is 0 Å². The van der Waals surface area contributed by atoms with Gasteiger partial charge in [0.25, 0.3) is 0 Å². The molecule has 2 N–H and O–H groups in total. The van der Waals surface area contributed by atoms with E-state index in [2.05, 4.69) is 5.16 Å². The maximum atomic E-state index is 10.1. The van der Waals surface area contributed by atoms with Gasteiger partial charge in [0.05, 0.1) is 0 Å². The van der Waals surface area contributed by atoms with Crippen LogP contribution in [0, 0.1) is 0 Å². The summed E-state index contributed by atoms with van der Waals surface area (Å²) in [4.78, 5) is 0. The maximum absolute atomic E-state index is 10.1. The second kappa shape index (κ2) is 7.14. The van der Waals surface area contributed by atoms with Crippen molar-refractivity contribution >= 4 is 5.71 Å². The Morgan fingerprint density at radius 2 is 1.39 bits per heavy atom. The molecule has 0 saturated heterocycles. The molecule has 18 heavy (non-hydrogen) atoms. The van der Waals surface area contributed by atoms with Crippen LogP contribution in [-0.2, 0) is 22.4 Å². The molecule has 0 saturated carbocycles. The standard InChI is InChI=1S/C14H13NO2.Ag/c16-14(12-9-5-2-6-10-12)13(15-17)11-7-3-1-4-8-11;/h1-10,14,16-17H;/q;+1/b15-13+;. The van der Waals surface area contributed by atoms with Crippen LogP contribution in [0.15, 0.2) is 65.8 Å². The Morgan fingerprint density at radius 3 is 1.89 bits per heavy atom. The van der Waals surface area contributed by atoms with Crippen molar-refractivity contribution in [2.24, 2.45) is 5.16 Å². The van der Waals surface area contributed by atoms with Gasteiger partial charge in [-0.1, -0.05) is 65.8 Å². The molecular formula is C14H13AgNO2+. The van der Waals surface area contributed by atoms with Crippen LogP contribution in [0.5, 0.6) is 0 Å². The average molecular weight is 335 g/mol. The van der Waals surface area contributed by atoms with E-state index < -0.39 is 6.10 Å². The molecule has 0 amide bonds. The van der Waals surface area contributed by atoms with E-state index in [0.717, 1.165) is 0 Å². The summed E-state index contributed by atoms with van der Waals surface area (Å²) in [6, 6.07) is 18.2. The Morgan fingerprint density at radius 1 is 0.889 bits per heavy atom. The first-order valence-electron chi connectivity index (χ1n) is 5.33. The van der Waals surface area contributed by atoms with Gasteiger partial charge in [0, 0.05) is 5.56 Å². The van der Waals surface area contributed by atoms with Gasteiger partial charge in [-0.3, -0.25) is 0 Å². The van der Waals surface area contributed by atoms with Crippen molar-refractivity contribution in [2.45, 2.75) is 6.10 Å². The summed E-state index contributed by atoms with van der Waals surface area (Å²) in [5, 5.41) is 22.4. The van der Waals surface area contributed by atoms with Gasteiger partial charge in [-0.05, 0) is 5.56 Å². The second-order valence-corrected chi connectivity index (χ2v) is 3.66. The van der Waals surface area contributed by atoms with E-state index in [-0.39, 0.29) is 28.1 Å². The van der Waals surface area contributed by atoms with E-state index in [4.69, 9.17) is 5.21 Å². The Bertz CT molecular complexity index is 500. The van der Waals surface area contributed by atoms with Gasteiger partial charge in [-0.15, -0.1) is 0 Å². The second-order valence-electron chi connectivity index (χ2n) is 3.66. The van der Waals surface area contributed by atoms with Crippen LogP contribution in [0.1, 0.15) is 17.2 Å². The predicted octanol–water partition coefficient (Wildman–Crippen LogP) is 2.60. The van der Waals surface area contributed by atoms with E-state index in [1.54, 1.807) is 24.3 Å². The number of nitrogens with zero attached hydrogens (tertiary/aromatic N) is 1. The molecule has 0 fully saturated rings. The number of benzene rings is 2. The third-order valence-electron chi connectivity index (χ3n) is 2.55. The minimum atomic E-state index is -0.927. The Kier molecular flexibility index (Phi) is 5.82. The molecule has 0 aliphatic rings. The van der Waals surface area contributed by atoms with Gasteiger partial charge in [-0.2, -0.15) is 0 Å². The Balaban J connectivity index is 0.00000162. The molecular weight excluding hydrogens is 322 g/mol. The number of hydrogen-bond acceptors (Lipinski definition) is 3. The molecule has 3 nitrogen and oxygen atoms in total. The van der Waals surface area contributed by atoms with Gasteiger partial charge in [-0.25, -0.2) is 0 Å². The summed E-state index contributed by atoms with van der Waals surface area (Å²) in [7, 11) is 0. The van der Waals surface area contributed by atoms with Crippen molar-refractivity contribution in [3.8, 4) is 0 Å². The van der Waals surface area contributed by atoms with E-state index in [9.17, 15) is 5.11 Å². The zero-order chi connectivity index (χ0) is 12.1. The minimum absolute atomic E-state index is 0. The van der Waals surface area contributed by atoms with E-state index >= 15 is 0 Å². The third-order valence-corrected chi connectivity index (χ3v) is 2.55. The number of rotatable bonds is 3. The summed E-state index contributed by atoms with van der Waals surface area (Å²) in [5.74, 6) is 0. The van der Waals surface area contributed by atoms with Gasteiger partial charge in [0.1, 0.15) is 11.8 Å². The zero-order valence-electron chi connectivity index (χ0n) is 9.49. The molecule has 0 bridgehead atoms. The molecule has 0 aliphatic heterocycles. The number of oxime groups is 1. The van der Waals surface area contributed by atoms with Gasteiger partial charge in [0.2, 0.25) is 0 Å². The predicted molar refractivity (Wildman–Crippen MR) is 66.2 cm³/mol. The topological polar surface area (TPSA) is 52.8 Å². The summed E-state index contributed by atoms with van der Waals surface area (Å²) in [6.45, 7) is 0. The number of hydrogen-bond donors (Lipinski definition) is 2. The minimum Gasteiger partial charge on any atom is -0.411 e. The molecule has 96 valence electrons.